The Bertz CT molecular complexity index is 1650. The molecule has 1 fully saturated rings. The summed E-state index contributed by atoms with van der Waals surface area (Å²) in [5.41, 5.74) is 1.01. The number of thiazole rings is 1. The fourth-order valence-electron chi connectivity index (χ4n) is 4.93. The summed E-state index contributed by atoms with van der Waals surface area (Å²) in [5, 5.41) is 7.08. The number of likely N-dealkylation sites (tertiary alicyclic amines) is 1. The molecule has 2 aromatic heterocycles. The lowest BCUT2D eigenvalue weighted by molar-refractivity contribution is -0.115. The summed E-state index contributed by atoms with van der Waals surface area (Å²) in [6.45, 7) is 1.93. The number of nitrogens with one attached hydrogen (secondary N) is 2. The Morgan fingerprint density at radius 3 is 2.86 bits per heavy atom. The van der Waals surface area contributed by atoms with E-state index >= 15 is 0 Å². The van der Waals surface area contributed by atoms with Gasteiger partial charge in [-0.25, -0.2) is 23.9 Å². The number of carbonyl (C=O) groups is 1. The minimum atomic E-state index is -4.49. The van der Waals surface area contributed by atoms with Gasteiger partial charge in [-0.3, -0.25) is 14.2 Å². The first-order valence-electron chi connectivity index (χ1n) is 13.8. The largest absolute Gasteiger partial charge is 0.493 e. The van der Waals surface area contributed by atoms with Gasteiger partial charge in [0.25, 0.3) is 0 Å². The van der Waals surface area contributed by atoms with Crippen molar-refractivity contribution in [2.24, 2.45) is 0 Å². The monoisotopic (exact) mass is 646 g/mol. The van der Waals surface area contributed by atoms with Crippen molar-refractivity contribution < 1.29 is 37.5 Å². The van der Waals surface area contributed by atoms with Gasteiger partial charge in [-0.05, 0) is 50.1 Å². The Balaban J connectivity index is 1.18. The fourth-order valence-corrected chi connectivity index (χ4v) is 6.10. The van der Waals surface area contributed by atoms with Gasteiger partial charge < -0.3 is 29.9 Å². The van der Waals surface area contributed by atoms with Gasteiger partial charge >= 0.3 is 7.82 Å². The number of methoxy groups -OCH3 is 1. The van der Waals surface area contributed by atoms with Crippen LogP contribution in [-0.2, 0) is 20.3 Å². The number of aromatic nitrogens is 3. The summed E-state index contributed by atoms with van der Waals surface area (Å²) in [4.78, 5) is 46.4. The second-order valence-electron chi connectivity index (χ2n) is 10.1. The highest BCUT2D eigenvalue weighted by Crippen LogP contribution is 2.37. The van der Waals surface area contributed by atoms with Gasteiger partial charge in [0, 0.05) is 40.8 Å². The number of nitrogens with zero attached hydrogens (tertiary/aromatic N) is 4. The van der Waals surface area contributed by atoms with E-state index in [2.05, 4.69) is 30.5 Å². The number of phosphoric ester groups is 1. The number of ether oxygens (including phenoxy) is 2. The molecule has 5 rings (SSSR count). The van der Waals surface area contributed by atoms with Crippen LogP contribution < -0.4 is 20.1 Å². The van der Waals surface area contributed by atoms with Crippen molar-refractivity contribution in [3.05, 3.63) is 59.6 Å². The van der Waals surface area contributed by atoms with Crippen molar-refractivity contribution in [1.29, 1.82) is 0 Å². The van der Waals surface area contributed by atoms with Crippen molar-refractivity contribution in [2.75, 3.05) is 44.0 Å². The molecule has 1 saturated heterocycles. The number of amides is 1. The molecule has 0 spiro atoms. The number of hydrogen-bond donors (Lipinski definition) is 4. The van der Waals surface area contributed by atoms with Crippen LogP contribution in [0.25, 0.3) is 10.9 Å². The average Bonchev–Trinajstić information content (AvgIpc) is 3.62. The highest BCUT2D eigenvalue weighted by atomic mass is 32.1. The first-order chi connectivity index (χ1) is 21.2. The van der Waals surface area contributed by atoms with E-state index < -0.39 is 13.6 Å². The molecule has 1 aliphatic heterocycles. The fraction of sp³-hybridized carbons (Fsp3) is 0.357. The molecule has 13 nitrogen and oxygen atoms in total. The summed E-state index contributed by atoms with van der Waals surface area (Å²) in [6, 6.07) is 9.23. The number of benzene rings is 2. The Hall–Kier alpha value is -3.72. The lowest BCUT2D eigenvalue weighted by Gasteiger charge is -2.24. The average molecular weight is 647 g/mol. The number of carbonyl (C=O) groups excluding carboxylic acids is 1. The summed E-state index contributed by atoms with van der Waals surface area (Å²) in [6.07, 6.45) is 5.56. The van der Waals surface area contributed by atoms with E-state index in [1.54, 1.807) is 31.5 Å². The maximum absolute atomic E-state index is 13.4. The first-order valence-corrected chi connectivity index (χ1v) is 16.2. The molecule has 234 valence electrons. The van der Waals surface area contributed by atoms with Gasteiger partial charge in [-0.15, -0.1) is 11.3 Å². The van der Waals surface area contributed by atoms with E-state index in [0.29, 0.717) is 63.5 Å². The topological polar surface area (TPSA) is 168 Å². The molecule has 2 aromatic carbocycles. The van der Waals surface area contributed by atoms with Crippen LogP contribution in [0.5, 0.6) is 11.5 Å². The normalized spacial score (nSPS) is 15.4. The predicted molar refractivity (Wildman–Crippen MR) is 163 cm³/mol. The molecule has 4 aromatic rings. The van der Waals surface area contributed by atoms with E-state index in [1.165, 1.54) is 35.9 Å². The molecule has 16 heteroatoms. The minimum absolute atomic E-state index is 0.00604. The van der Waals surface area contributed by atoms with Crippen LogP contribution in [0.15, 0.2) is 48.9 Å². The first kappa shape index (κ1) is 31.7. The number of hydrogen-bond acceptors (Lipinski definition) is 11. The second kappa shape index (κ2) is 14.4. The van der Waals surface area contributed by atoms with E-state index in [-0.39, 0.29) is 25.0 Å². The zero-order valence-electron chi connectivity index (χ0n) is 23.8. The molecule has 44 heavy (non-hydrogen) atoms. The van der Waals surface area contributed by atoms with Crippen molar-refractivity contribution in [3.63, 3.8) is 0 Å². The number of halogens is 1. The van der Waals surface area contributed by atoms with Crippen LogP contribution in [-0.4, -0.2) is 75.0 Å². The van der Waals surface area contributed by atoms with Gasteiger partial charge in [0.05, 0.1) is 32.3 Å². The summed E-state index contributed by atoms with van der Waals surface area (Å²) in [7, 11) is -2.95. The SMILES string of the molecule is COc1cc2c(Nc3ncc(CC(=O)Nc4cccc(F)c4)s3)ncnc2cc1OCCCN1CCC[C@@H]1COP(=O)(O)O. The van der Waals surface area contributed by atoms with Gasteiger partial charge in [-0.2, -0.15) is 0 Å². The van der Waals surface area contributed by atoms with Gasteiger partial charge in [0.15, 0.2) is 16.6 Å². The molecule has 1 aliphatic rings. The number of phosphoric acid groups is 1. The second-order valence-corrected chi connectivity index (χ2v) is 12.4. The molecular weight excluding hydrogens is 614 g/mol. The highest BCUT2D eigenvalue weighted by molar-refractivity contribution is 7.46. The molecule has 0 unspecified atom stereocenters. The lowest BCUT2D eigenvalue weighted by Crippen LogP contribution is -2.34. The van der Waals surface area contributed by atoms with Crippen molar-refractivity contribution in [1.82, 2.24) is 19.9 Å². The Kier molecular flexibility index (Phi) is 10.4. The van der Waals surface area contributed by atoms with Crippen molar-refractivity contribution in [2.45, 2.75) is 31.7 Å². The van der Waals surface area contributed by atoms with E-state index in [4.69, 9.17) is 23.8 Å². The van der Waals surface area contributed by atoms with Crippen molar-refractivity contribution in [3.8, 4) is 11.5 Å². The van der Waals surface area contributed by atoms with Gasteiger partial charge in [0.2, 0.25) is 5.91 Å². The van der Waals surface area contributed by atoms with Crippen LogP contribution in [0.2, 0.25) is 0 Å². The van der Waals surface area contributed by atoms with Gasteiger partial charge in [-0.1, -0.05) is 6.07 Å². The quantitative estimate of drug-likeness (QED) is 0.112. The van der Waals surface area contributed by atoms with Crippen LogP contribution >= 0.6 is 19.2 Å². The minimum Gasteiger partial charge on any atom is -0.493 e. The van der Waals surface area contributed by atoms with Crippen LogP contribution in [0.1, 0.15) is 24.1 Å². The van der Waals surface area contributed by atoms with Crippen LogP contribution in [0, 0.1) is 5.82 Å². The molecule has 0 bridgehead atoms. The molecule has 4 N–H and O–H groups in total. The molecule has 1 amide bonds. The third-order valence-corrected chi connectivity index (χ3v) is 8.32. The maximum Gasteiger partial charge on any atom is 0.469 e. The molecule has 3 heterocycles. The third-order valence-electron chi connectivity index (χ3n) is 6.92. The van der Waals surface area contributed by atoms with Crippen molar-refractivity contribution >= 4 is 52.6 Å². The highest BCUT2D eigenvalue weighted by Gasteiger charge is 2.27. The van der Waals surface area contributed by atoms with Crippen LogP contribution in [0.4, 0.5) is 21.0 Å². The molecule has 0 aliphatic carbocycles. The standard InChI is InChI=1S/C28H32FN6O7PS/c1-40-24-13-22-23(14-25(24)41-10-4-9-35-8-3-7-20(35)16-42-43(37,38)39)31-17-32-27(22)34-28-30-15-21(44-28)12-26(36)33-19-6-2-5-18(29)11-19/h2,5-6,11,13-15,17,20H,3-4,7-10,12,16H2,1H3,(H,33,36)(H2,37,38,39)(H,30,31,32,34)/t20-/m1/s1. The smallest absolute Gasteiger partial charge is 0.469 e. The zero-order valence-corrected chi connectivity index (χ0v) is 25.5. The molecule has 0 saturated carbocycles. The summed E-state index contributed by atoms with van der Waals surface area (Å²) < 4.78 is 40.8. The Morgan fingerprint density at radius 1 is 1.20 bits per heavy atom. The van der Waals surface area contributed by atoms with Crippen LogP contribution in [0.3, 0.4) is 0 Å². The lowest BCUT2D eigenvalue weighted by atomic mass is 10.2. The Morgan fingerprint density at radius 2 is 2.07 bits per heavy atom. The number of fused-ring (bicyclic) bond motifs is 1. The predicted octanol–water partition coefficient (Wildman–Crippen LogP) is 4.50. The summed E-state index contributed by atoms with van der Waals surface area (Å²) in [5.74, 6) is 0.806. The molecule has 0 radical (unpaired) electrons. The Labute approximate surface area is 256 Å². The third kappa shape index (κ3) is 8.68. The number of rotatable bonds is 14. The summed E-state index contributed by atoms with van der Waals surface area (Å²) >= 11 is 1.30. The van der Waals surface area contributed by atoms with E-state index in [0.717, 1.165) is 19.4 Å². The van der Waals surface area contributed by atoms with Gasteiger partial charge in [0.1, 0.15) is 18.0 Å². The number of anilines is 3. The zero-order chi connectivity index (χ0) is 31.1. The molecule has 1 atom stereocenters. The van der Waals surface area contributed by atoms with E-state index in [1.807, 2.05) is 0 Å². The maximum atomic E-state index is 13.4. The van der Waals surface area contributed by atoms with E-state index in [9.17, 15) is 13.8 Å². The molecular formula is C28H32FN6O7PS.